The Morgan fingerprint density at radius 1 is 1.07 bits per heavy atom. The van der Waals surface area contributed by atoms with Gasteiger partial charge in [-0.25, -0.2) is 0 Å². The zero-order chi connectivity index (χ0) is 9.54. The van der Waals surface area contributed by atoms with Gasteiger partial charge < -0.3 is 5.73 Å². The summed E-state index contributed by atoms with van der Waals surface area (Å²) in [5.41, 5.74) is 5.95. The molecule has 14 heavy (non-hydrogen) atoms. The van der Waals surface area contributed by atoms with Crippen LogP contribution in [0.25, 0.3) is 0 Å². The first-order chi connectivity index (χ1) is 6.83. The zero-order valence-electron chi connectivity index (χ0n) is 8.69. The number of nitrogens with two attached hydrogens (primary N) is 1. The van der Waals surface area contributed by atoms with E-state index in [1.54, 1.807) is 0 Å². The molecule has 0 aromatic heterocycles. The summed E-state index contributed by atoms with van der Waals surface area (Å²) < 4.78 is 0. The maximum Gasteiger partial charge on any atom is 0.0200 e. The summed E-state index contributed by atoms with van der Waals surface area (Å²) >= 11 is 2.19. The molecule has 3 aliphatic rings. The topological polar surface area (TPSA) is 29.3 Å². The van der Waals surface area contributed by atoms with Gasteiger partial charge in [-0.1, -0.05) is 0 Å². The minimum absolute atomic E-state index is 0.500. The third-order valence-electron chi connectivity index (χ3n) is 4.15. The number of thioether (sulfide) groups is 1. The Kier molecular flexibility index (Phi) is 2.50. The molecule has 2 nitrogen and oxygen atoms in total. The molecule has 2 heterocycles. The number of likely N-dealkylation sites (tertiary alicyclic amines) is 1. The van der Waals surface area contributed by atoms with Crippen LogP contribution in [0.15, 0.2) is 0 Å². The Bertz CT molecular complexity index is 213. The predicted octanol–water partition coefficient (Wildman–Crippen LogP) is 1.45. The van der Waals surface area contributed by atoms with Crippen LogP contribution in [-0.2, 0) is 0 Å². The van der Waals surface area contributed by atoms with Crippen molar-refractivity contribution in [2.75, 3.05) is 12.3 Å². The standard InChI is InChI=1S/C11H20N2S/c12-8-1-3-9(4-2-8)13-6-11-5-10(13)7-14-11/h8-11H,1-7,12H2. The van der Waals surface area contributed by atoms with Crippen LogP contribution in [0.5, 0.6) is 0 Å². The lowest BCUT2D eigenvalue weighted by Gasteiger charge is -2.38. The molecule has 80 valence electrons. The minimum Gasteiger partial charge on any atom is -0.328 e. The van der Waals surface area contributed by atoms with E-state index >= 15 is 0 Å². The second-order valence-corrected chi connectivity index (χ2v) is 6.44. The van der Waals surface area contributed by atoms with Crippen molar-refractivity contribution in [1.29, 1.82) is 0 Å². The van der Waals surface area contributed by atoms with Gasteiger partial charge in [0.2, 0.25) is 0 Å². The highest BCUT2D eigenvalue weighted by Crippen LogP contribution is 2.40. The molecule has 2 aliphatic heterocycles. The molecule has 2 bridgehead atoms. The largest absolute Gasteiger partial charge is 0.328 e. The third kappa shape index (κ3) is 1.59. The Balaban J connectivity index is 1.61. The number of rotatable bonds is 1. The van der Waals surface area contributed by atoms with Crippen molar-refractivity contribution in [3.63, 3.8) is 0 Å². The van der Waals surface area contributed by atoms with Gasteiger partial charge in [-0.2, -0.15) is 11.8 Å². The normalized spacial score (nSPS) is 48.6. The molecule has 3 fully saturated rings. The lowest BCUT2D eigenvalue weighted by molar-refractivity contribution is 0.144. The molecule has 0 spiro atoms. The van der Waals surface area contributed by atoms with Gasteiger partial charge in [-0.15, -0.1) is 0 Å². The summed E-state index contributed by atoms with van der Waals surface area (Å²) in [4.78, 5) is 2.80. The maximum atomic E-state index is 5.95. The van der Waals surface area contributed by atoms with Crippen molar-refractivity contribution in [3.8, 4) is 0 Å². The smallest absolute Gasteiger partial charge is 0.0200 e. The van der Waals surface area contributed by atoms with Crippen molar-refractivity contribution in [3.05, 3.63) is 0 Å². The van der Waals surface area contributed by atoms with E-state index in [0.717, 1.165) is 17.3 Å². The van der Waals surface area contributed by atoms with Crippen LogP contribution >= 0.6 is 11.8 Å². The fraction of sp³-hybridized carbons (Fsp3) is 1.00. The monoisotopic (exact) mass is 212 g/mol. The summed E-state index contributed by atoms with van der Waals surface area (Å²) in [6, 6.07) is 2.30. The van der Waals surface area contributed by atoms with Crippen LogP contribution in [0.4, 0.5) is 0 Å². The molecule has 0 radical (unpaired) electrons. The molecular formula is C11H20N2S. The van der Waals surface area contributed by atoms with Crippen LogP contribution < -0.4 is 5.73 Å². The Hall–Kier alpha value is 0.270. The summed E-state index contributed by atoms with van der Waals surface area (Å²) in [5, 5.41) is 0.968. The molecule has 0 aromatic carbocycles. The van der Waals surface area contributed by atoms with Gasteiger partial charge in [0.05, 0.1) is 0 Å². The number of hydrogen-bond acceptors (Lipinski definition) is 3. The minimum atomic E-state index is 0.500. The number of nitrogens with zero attached hydrogens (tertiary/aromatic N) is 1. The zero-order valence-corrected chi connectivity index (χ0v) is 9.51. The first-order valence-corrected chi connectivity index (χ1v) is 7.01. The second kappa shape index (κ2) is 3.69. The summed E-state index contributed by atoms with van der Waals surface area (Å²) in [6.07, 6.45) is 6.69. The molecule has 0 amide bonds. The molecule has 0 aromatic rings. The summed E-state index contributed by atoms with van der Waals surface area (Å²) in [6.45, 7) is 1.37. The van der Waals surface area contributed by atoms with E-state index in [2.05, 4.69) is 16.7 Å². The molecule has 2 saturated heterocycles. The average molecular weight is 212 g/mol. The van der Waals surface area contributed by atoms with Gasteiger partial charge in [0.25, 0.3) is 0 Å². The van der Waals surface area contributed by atoms with E-state index in [4.69, 9.17) is 5.73 Å². The molecule has 3 heteroatoms. The number of fused-ring (bicyclic) bond motifs is 2. The van der Waals surface area contributed by atoms with Gasteiger partial charge in [0.15, 0.2) is 0 Å². The van der Waals surface area contributed by atoms with Gasteiger partial charge in [-0.05, 0) is 32.1 Å². The van der Waals surface area contributed by atoms with Crippen molar-refractivity contribution >= 4 is 11.8 Å². The molecule has 1 aliphatic carbocycles. The van der Waals surface area contributed by atoms with Gasteiger partial charge in [0.1, 0.15) is 0 Å². The van der Waals surface area contributed by atoms with Crippen molar-refractivity contribution in [2.45, 2.75) is 55.5 Å². The Labute approximate surface area is 90.6 Å². The van der Waals surface area contributed by atoms with Gasteiger partial charge in [0, 0.05) is 35.7 Å². The highest BCUT2D eigenvalue weighted by molar-refractivity contribution is 8.00. The first-order valence-electron chi connectivity index (χ1n) is 5.96. The Morgan fingerprint density at radius 2 is 1.86 bits per heavy atom. The second-order valence-electron chi connectivity index (χ2n) is 5.11. The summed E-state index contributed by atoms with van der Waals surface area (Å²) in [7, 11) is 0. The van der Waals surface area contributed by atoms with Crippen LogP contribution in [0.3, 0.4) is 0 Å². The highest BCUT2D eigenvalue weighted by Gasteiger charge is 2.41. The van der Waals surface area contributed by atoms with Gasteiger partial charge >= 0.3 is 0 Å². The van der Waals surface area contributed by atoms with Crippen LogP contribution in [-0.4, -0.2) is 40.6 Å². The van der Waals surface area contributed by atoms with Gasteiger partial charge in [-0.3, -0.25) is 4.90 Å². The fourth-order valence-electron chi connectivity index (χ4n) is 3.31. The van der Waals surface area contributed by atoms with Crippen LogP contribution in [0, 0.1) is 0 Å². The lowest BCUT2D eigenvalue weighted by atomic mass is 9.90. The molecule has 1 saturated carbocycles. The quantitative estimate of drug-likeness (QED) is 0.713. The maximum absolute atomic E-state index is 5.95. The van der Waals surface area contributed by atoms with Crippen molar-refractivity contribution < 1.29 is 0 Å². The molecule has 2 N–H and O–H groups in total. The van der Waals surface area contributed by atoms with Crippen LogP contribution in [0.1, 0.15) is 32.1 Å². The van der Waals surface area contributed by atoms with E-state index in [1.165, 1.54) is 44.4 Å². The van der Waals surface area contributed by atoms with E-state index < -0.39 is 0 Å². The lowest BCUT2D eigenvalue weighted by Crippen LogP contribution is -2.45. The van der Waals surface area contributed by atoms with E-state index in [1.807, 2.05) is 0 Å². The molecule has 3 rings (SSSR count). The Morgan fingerprint density at radius 3 is 2.43 bits per heavy atom. The van der Waals surface area contributed by atoms with Crippen molar-refractivity contribution in [2.24, 2.45) is 5.73 Å². The molecule has 2 atom stereocenters. The SMILES string of the molecule is NC1CCC(N2CC3CC2CS3)CC1. The first kappa shape index (κ1) is 9.49. The van der Waals surface area contributed by atoms with E-state index in [0.29, 0.717) is 6.04 Å². The predicted molar refractivity (Wildman–Crippen MR) is 61.6 cm³/mol. The highest BCUT2D eigenvalue weighted by atomic mass is 32.2. The molecule has 2 unspecified atom stereocenters. The molecular weight excluding hydrogens is 192 g/mol. The van der Waals surface area contributed by atoms with E-state index in [9.17, 15) is 0 Å². The third-order valence-corrected chi connectivity index (χ3v) is 5.54. The average Bonchev–Trinajstić information content (AvgIpc) is 2.80. The van der Waals surface area contributed by atoms with Crippen LogP contribution in [0.2, 0.25) is 0 Å². The number of hydrogen-bond donors (Lipinski definition) is 1. The fourth-order valence-corrected chi connectivity index (χ4v) is 4.77. The van der Waals surface area contributed by atoms with E-state index in [-0.39, 0.29) is 0 Å². The van der Waals surface area contributed by atoms with Crippen molar-refractivity contribution in [1.82, 2.24) is 4.90 Å². The summed E-state index contributed by atoms with van der Waals surface area (Å²) in [5.74, 6) is 1.40.